The summed E-state index contributed by atoms with van der Waals surface area (Å²) in [4.78, 5) is 31.4. The largest absolute Gasteiger partial charge is 0.449 e. The smallest absolute Gasteiger partial charge is 0.339 e. The third-order valence-electron chi connectivity index (χ3n) is 5.59. The molecule has 1 aliphatic carbocycles. The van der Waals surface area contributed by atoms with E-state index >= 15 is 0 Å². The van der Waals surface area contributed by atoms with E-state index in [1.54, 1.807) is 13.0 Å². The van der Waals surface area contributed by atoms with Crippen molar-refractivity contribution >= 4 is 32.8 Å². The van der Waals surface area contributed by atoms with Gasteiger partial charge in [0.1, 0.15) is 0 Å². The molecule has 0 radical (unpaired) electrons. The fourth-order valence-electron chi connectivity index (χ4n) is 3.68. The number of hydrogen-bond acceptors (Lipinski definition) is 8. The molecular weight excluding hydrogens is 398 g/mol. The van der Waals surface area contributed by atoms with E-state index < -0.39 is 33.9 Å². The lowest BCUT2D eigenvalue weighted by molar-refractivity contribution is -0.140. The monoisotopic (exact) mass is 421 g/mol. The molecular formula is C19H23N3O6S. The molecule has 1 aliphatic heterocycles. The number of sulfone groups is 1. The minimum Gasteiger partial charge on any atom is -0.449 e. The number of nitrogens with zero attached hydrogens (tertiary/aromatic N) is 3. The number of aryl methyl sites for hydroxylation is 1. The topological polar surface area (TPSA) is 120 Å². The van der Waals surface area contributed by atoms with Crippen molar-refractivity contribution in [3.8, 4) is 0 Å². The third-order valence-corrected chi connectivity index (χ3v) is 7.34. The lowest BCUT2D eigenvalue weighted by Crippen LogP contribution is -2.44. The summed E-state index contributed by atoms with van der Waals surface area (Å²) < 4.78 is 34.0. The second kappa shape index (κ2) is 7.08. The minimum atomic E-state index is -3.12. The van der Waals surface area contributed by atoms with Gasteiger partial charge in [-0.05, 0) is 39.2 Å². The lowest BCUT2D eigenvalue weighted by Gasteiger charge is -2.26. The fraction of sp³-hybridized carbons (Fsp3) is 0.579. The highest BCUT2D eigenvalue weighted by Crippen LogP contribution is 2.40. The Kier molecular flexibility index (Phi) is 4.84. The first-order valence-electron chi connectivity index (χ1n) is 9.61. The minimum absolute atomic E-state index is 0.0640. The van der Waals surface area contributed by atoms with Gasteiger partial charge in [-0.1, -0.05) is 5.16 Å². The molecule has 0 spiro atoms. The van der Waals surface area contributed by atoms with Gasteiger partial charge in [0.2, 0.25) is 0 Å². The van der Waals surface area contributed by atoms with Crippen molar-refractivity contribution in [2.45, 2.75) is 51.2 Å². The number of ether oxygens (including phenoxy) is 1. The molecule has 2 aromatic heterocycles. The number of carbonyl (C=O) groups is 2. The van der Waals surface area contributed by atoms with Gasteiger partial charge in [-0.2, -0.15) is 0 Å². The Labute approximate surface area is 168 Å². The van der Waals surface area contributed by atoms with Crippen LogP contribution in [0.4, 0.5) is 0 Å². The average molecular weight is 421 g/mol. The summed E-state index contributed by atoms with van der Waals surface area (Å²) in [6, 6.07) is 1.29. The first kappa shape index (κ1) is 19.8. The van der Waals surface area contributed by atoms with Gasteiger partial charge in [0.15, 0.2) is 15.9 Å². The van der Waals surface area contributed by atoms with Crippen LogP contribution in [0.3, 0.4) is 0 Å². The van der Waals surface area contributed by atoms with Gasteiger partial charge >= 0.3 is 5.97 Å². The van der Waals surface area contributed by atoms with Crippen LogP contribution in [-0.2, 0) is 19.4 Å². The van der Waals surface area contributed by atoms with Crippen molar-refractivity contribution in [2.75, 3.05) is 18.6 Å². The summed E-state index contributed by atoms with van der Waals surface area (Å²) in [5.41, 5.74) is 1.84. The molecule has 0 unspecified atom stereocenters. The highest BCUT2D eigenvalue weighted by Gasteiger charge is 2.35. The van der Waals surface area contributed by atoms with Crippen molar-refractivity contribution in [3.63, 3.8) is 0 Å². The number of aromatic nitrogens is 2. The molecule has 2 aliphatic rings. The predicted molar refractivity (Wildman–Crippen MR) is 103 cm³/mol. The van der Waals surface area contributed by atoms with E-state index in [0.717, 1.165) is 18.5 Å². The van der Waals surface area contributed by atoms with Gasteiger partial charge in [0.25, 0.3) is 11.6 Å². The summed E-state index contributed by atoms with van der Waals surface area (Å²) in [6.07, 6.45) is 1.35. The second-order valence-electron chi connectivity index (χ2n) is 7.87. The highest BCUT2D eigenvalue weighted by atomic mass is 32.2. The van der Waals surface area contributed by atoms with E-state index in [2.05, 4.69) is 10.1 Å². The Bertz CT molecular complexity index is 1090. The molecule has 2 atom stereocenters. The maximum Gasteiger partial charge on any atom is 0.339 e. The lowest BCUT2D eigenvalue weighted by atomic mass is 10.1. The number of amides is 1. The van der Waals surface area contributed by atoms with E-state index in [1.807, 2.05) is 0 Å². The van der Waals surface area contributed by atoms with Gasteiger partial charge in [0, 0.05) is 24.7 Å². The second-order valence-corrected chi connectivity index (χ2v) is 10.1. The summed E-state index contributed by atoms with van der Waals surface area (Å²) in [7, 11) is -1.58. The van der Waals surface area contributed by atoms with Crippen LogP contribution in [0.1, 0.15) is 53.8 Å². The van der Waals surface area contributed by atoms with E-state index in [1.165, 1.54) is 18.9 Å². The van der Waals surface area contributed by atoms with Crippen molar-refractivity contribution in [1.29, 1.82) is 0 Å². The molecule has 2 aromatic rings. The molecule has 1 amide bonds. The number of rotatable bonds is 5. The van der Waals surface area contributed by atoms with Gasteiger partial charge in [-0.3, -0.25) is 4.79 Å². The molecule has 0 aromatic carbocycles. The van der Waals surface area contributed by atoms with Crippen LogP contribution in [0.5, 0.6) is 0 Å². The van der Waals surface area contributed by atoms with Crippen LogP contribution in [-0.4, -0.2) is 66.0 Å². The van der Waals surface area contributed by atoms with Crippen LogP contribution in [0, 0.1) is 6.92 Å². The first-order chi connectivity index (χ1) is 13.7. The molecule has 2 fully saturated rings. The van der Waals surface area contributed by atoms with Gasteiger partial charge in [-0.15, -0.1) is 0 Å². The number of hydrogen-bond donors (Lipinski definition) is 0. The third kappa shape index (κ3) is 3.85. The zero-order chi connectivity index (χ0) is 20.9. The van der Waals surface area contributed by atoms with Crippen molar-refractivity contribution < 1.29 is 27.3 Å². The Morgan fingerprint density at radius 1 is 1.31 bits per heavy atom. The fourth-order valence-corrected chi connectivity index (χ4v) is 5.46. The molecule has 0 bridgehead atoms. The summed E-state index contributed by atoms with van der Waals surface area (Å²) in [5.74, 6) is -0.791. The van der Waals surface area contributed by atoms with Gasteiger partial charge in [-0.25, -0.2) is 18.2 Å². The molecule has 156 valence electrons. The Morgan fingerprint density at radius 3 is 2.66 bits per heavy atom. The van der Waals surface area contributed by atoms with Crippen molar-refractivity contribution in [3.05, 3.63) is 23.0 Å². The highest BCUT2D eigenvalue weighted by molar-refractivity contribution is 7.91. The molecule has 1 saturated heterocycles. The van der Waals surface area contributed by atoms with Crippen molar-refractivity contribution in [2.24, 2.45) is 0 Å². The summed E-state index contributed by atoms with van der Waals surface area (Å²) >= 11 is 0. The number of pyridine rings is 1. The van der Waals surface area contributed by atoms with E-state index in [0.29, 0.717) is 23.4 Å². The number of likely N-dealkylation sites (N-methyl/N-ethyl adjacent to an activating group) is 1. The molecule has 0 N–H and O–H groups in total. The zero-order valence-corrected chi connectivity index (χ0v) is 17.4. The molecule has 9 nitrogen and oxygen atoms in total. The van der Waals surface area contributed by atoms with Crippen LogP contribution in [0.15, 0.2) is 10.6 Å². The summed E-state index contributed by atoms with van der Waals surface area (Å²) in [6.45, 7) is 3.20. The van der Waals surface area contributed by atoms with Crippen LogP contribution >= 0.6 is 0 Å². The Balaban J connectivity index is 1.53. The van der Waals surface area contributed by atoms with Crippen LogP contribution in [0.25, 0.3) is 11.1 Å². The van der Waals surface area contributed by atoms with E-state index in [4.69, 9.17) is 9.26 Å². The van der Waals surface area contributed by atoms with E-state index in [-0.39, 0.29) is 22.8 Å². The normalized spacial score (nSPS) is 21.8. The number of esters is 1. The molecule has 10 heteroatoms. The zero-order valence-electron chi connectivity index (χ0n) is 16.5. The SMILES string of the molecule is Cc1noc2nc(C3CC3)cc(C(=O)O[C@@H](C)C(=O)N(C)[C@H]3CCS(=O)(=O)C3)c12. The van der Waals surface area contributed by atoms with E-state index in [9.17, 15) is 18.0 Å². The summed E-state index contributed by atoms with van der Waals surface area (Å²) in [5, 5.41) is 4.37. The van der Waals surface area contributed by atoms with Crippen molar-refractivity contribution in [1.82, 2.24) is 15.0 Å². The Hall–Kier alpha value is -2.49. The maximum absolute atomic E-state index is 12.9. The predicted octanol–water partition coefficient (Wildman–Crippen LogP) is 1.60. The average Bonchev–Trinajstić information content (AvgIpc) is 3.38. The molecule has 4 rings (SSSR count). The van der Waals surface area contributed by atoms with Crippen LogP contribution in [0.2, 0.25) is 0 Å². The molecule has 29 heavy (non-hydrogen) atoms. The maximum atomic E-state index is 12.9. The molecule has 1 saturated carbocycles. The number of fused-ring (bicyclic) bond motifs is 1. The van der Waals surface area contributed by atoms with Crippen LogP contribution < -0.4 is 0 Å². The quantitative estimate of drug-likeness (QED) is 0.668. The Morgan fingerprint density at radius 2 is 2.03 bits per heavy atom. The van der Waals surface area contributed by atoms with Gasteiger partial charge in [0.05, 0.1) is 28.1 Å². The van der Waals surface area contributed by atoms with Gasteiger partial charge < -0.3 is 14.2 Å². The molecule has 3 heterocycles. The number of carbonyl (C=O) groups excluding carboxylic acids is 2. The standard InChI is InChI=1S/C19H23N3O6S/c1-10-16-14(8-15(12-4-5-12)20-17(16)28-21-10)19(24)27-11(2)18(23)22(3)13-6-7-29(25,26)9-13/h8,11-13H,4-7,9H2,1-3H3/t11-,13-/m0/s1. The first-order valence-corrected chi connectivity index (χ1v) is 11.4.